The monoisotopic (exact) mass is 494 g/mol. The van der Waals surface area contributed by atoms with E-state index in [0.29, 0.717) is 15.8 Å². The minimum Gasteiger partial charge on any atom is -0.508 e. The van der Waals surface area contributed by atoms with Gasteiger partial charge in [0, 0.05) is 35.6 Å². The van der Waals surface area contributed by atoms with Gasteiger partial charge in [0.15, 0.2) is 0 Å². The molecular formula is C25H22N2O5S2. The molecule has 174 valence electrons. The summed E-state index contributed by atoms with van der Waals surface area (Å²) in [6.07, 6.45) is 1.75. The highest BCUT2D eigenvalue weighted by Gasteiger charge is 2.33. The van der Waals surface area contributed by atoms with Crippen LogP contribution in [-0.2, 0) is 21.9 Å². The van der Waals surface area contributed by atoms with E-state index in [1.165, 1.54) is 6.07 Å². The van der Waals surface area contributed by atoms with Crippen LogP contribution in [0.5, 0.6) is 5.75 Å². The molecule has 0 saturated carbocycles. The topological polar surface area (TPSA) is 109 Å². The molecular weight excluding hydrogens is 472 g/mol. The first-order chi connectivity index (χ1) is 16.2. The van der Waals surface area contributed by atoms with Gasteiger partial charge in [-0.2, -0.15) is 4.72 Å². The number of hydrogen-bond acceptors (Lipinski definition) is 5. The smallest absolute Gasteiger partial charge is 0.322 e. The number of thiophene rings is 1. The van der Waals surface area contributed by atoms with Gasteiger partial charge in [-0.15, -0.1) is 11.3 Å². The first-order valence-corrected chi connectivity index (χ1v) is 12.7. The van der Waals surface area contributed by atoms with Crippen LogP contribution in [0, 0.1) is 11.8 Å². The van der Waals surface area contributed by atoms with Crippen LogP contribution >= 0.6 is 11.3 Å². The molecule has 9 heteroatoms. The average Bonchev–Trinajstić information content (AvgIpc) is 3.41. The van der Waals surface area contributed by atoms with Gasteiger partial charge < -0.3 is 14.8 Å². The van der Waals surface area contributed by atoms with Crippen molar-refractivity contribution in [3.05, 3.63) is 82.9 Å². The van der Waals surface area contributed by atoms with E-state index in [4.69, 9.17) is 0 Å². The van der Waals surface area contributed by atoms with E-state index in [0.717, 1.165) is 22.4 Å². The summed E-state index contributed by atoms with van der Waals surface area (Å²) in [7, 11) is -2.31. The number of rotatable bonds is 6. The summed E-state index contributed by atoms with van der Waals surface area (Å²) in [4.78, 5) is 12.6. The number of aromatic nitrogens is 1. The zero-order chi connectivity index (χ0) is 24.5. The highest BCUT2D eigenvalue weighted by Crippen LogP contribution is 2.32. The van der Waals surface area contributed by atoms with Crippen LogP contribution in [0.3, 0.4) is 0 Å². The number of sulfonamides is 1. The van der Waals surface area contributed by atoms with Crippen LogP contribution in [-0.4, -0.2) is 35.2 Å². The molecule has 0 radical (unpaired) electrons. The van der Waals surface area contributed by atoms with Crippen molar-refractivity contribution in [1.82, 2.24) is 9.29 Å². The van der Waals surface area contributed by atoms with Crippen LogP contribution in [0.2, 0.25) is 0 Å². The lowest BCUT2D eigenvalue weighted by Gasteiger charge is -2.21. The van der Waals surface area contributed by atoms with Crippen molar-refractivity contribution in [1.29, 1.82) is 0 Å². The first kappa shape index (κ1) is 23.6. The Kier molecular flexibility index (Phi) is 6.48. The van der Waals surface area contributed by atoms with Gasteiger partial charge in [-0.1, -0.05) is 37.0 Å². The van der Waals surface area contributed by atoms with Crippen LogP contribution in [0.4, 0.5) is 0 Å². The van der Waals surface area contributed by atoms with Crippen molar-refractivity contribution in [3.8, 4) is 17.6 Å². The maximum Gasteiger partial charge on any atom is 0.322 e. The summed E-state index contributed by atoms with van der Waals surface area (Å²) < 4.78 is 30.2. The Morgan fingerprint density at radius 3 is 2.53 bits per heavy atom. The molecule has 2 unspecified atom stereocenters. The third-order valence-electron chi connectivity index (χ3n) is 5.49. The van der Waals surface area contributed by atoms with Crippen molar-refractivity contribution >= 4 is 38.2 Å². The normalized spacial score (nSPS) is 13.2. The standard InChI is InChI=1S/C25H22N2O5S2/c1-16(21-15-27(2)22-12-9-18(28)14-20(21)22)24(25(29)30)26-34(31,32)23-13-11-19(33-23)10-8-17-6-4-3-5-7-17/h3-7,9,11-16,24,26,28H,1-2H3,(H,29,30). The molecule has 2 aromatic carbocycles. The molecule has 0 aliphatic carbocycles. The van der Waals surface area contributed by atoms with Gasteiger partial charge in [-0.25, -0.2) is 8.42 Å². The predicted molar refractivity (Wildman–Crippen MR) is 131 cm³/mol. The lowest BCUT2D eigenvalue weighted by atomic mass is 9.93. The van der Waals surface area contributed by atoms with Crippen LogP contribution in [0.1, 0.15) is 28.8 Å². The zero-order valence-corrected chi connectivity index (χ0v) is 20.0. The largest absolute Gasteiger partial charge is 0.508 e. The molecule has 0 saturated heterocycles. The van der Waals surface area contributed by atoms with Gasteiger partial charge in [-0.3, -0.25) is 4.79 Å². The second-order valence-corrected chi connectivity index (χ2v) is 10.9. The van der Waals surface area contributed by atoms with E-state index < -0.39 is 28.0 Å². The Bertz CT molecular complexity index is 1530. The van der Waals surface area contributed by atoms with Gasteiger partial charge in [0.2, 0.25) is 0 Å². The second-order valence-electron chi connectivity index (χ2n) is 7.86. The number of nitrogens with one attached hydrogen (secondary N) is 1. The number of carbonyl (C=O) groups is 1. The molecule has 2 heterocycles. The molecule has 2 aromatic heterocycles. The molecule has 0 spiro atoms. The van der Waals surface area contributed by atoms with Crippen molar-refractivity contribution in [3.63, 3.8) is 0 Å². The Morgan fingerprint density at radius 1 is 1.09 bits per heavy atom. The van der Waals surface area contributed by atoms with Gasteiger partial charge in [-0.05, 0) is 48.0 Å². The third-order valence-corrected chi connectivity index (χ3v) is 8.43. The molecule has 0 fully saturated rings. The summed E-state index contributed by atoms with van der Waals surface area (Å²) in [5.74, 6) is 3.95. The number of carboxylic acids is 1. The maximum atomic E-state index is 13.0. The van der Waals surface area contributed by atoms with Crippen LogP contribution < -0.4 is 4.72 Å². The van der Waals surface area contributed by atoms with Crippen LogP contribution in [0.25, 0.3) is 10.9 Å². The fourth-order valence-corrected chi connectivity index (χ4v) is 6.18. The summed E-state index contributed by atoms with van der Waals surface area (Å²) in [5.41, 5.74) is 2.22. The van der Waals surface area contributed by atoms with Crippen molar-refractivity contribution in [2.45, 2.75) is 23.1 Å². The molecule has 4 rings (SSSR count). The van der Waals surface area contributed by atoms with E-state index in [1.807, 2.05) is 34.9 Å². The number of aryl methyl sites for hydroxylation is 1. The minimum atomic E-state index is -4.11. The van der Waals surface area contributed by atoms with E-state index >= 15 is 0 Å². The molecule has 7 nitrogen and oxygen atoms in total. The fraction of sp³-hybridized carbons (Fsp3) is 0.160. The number of carboxylic acid groups (broad SMARTS) is 1. The van der Waals surface area contributed by atoms with E-state index in [-0.39, 0.29) is 9.96 Å². The molecule has 3 N–H and O–H groups in total. The first-order valence-electron chi connectivity index (χ1n) is 10.4. The number of benzene rings is 2. The zero-order valence-electron chi connectivity index (χ0n) is 18.4. The Labute approximate surface area is 201 Å². The Hall–Kier alpha value is -3.58. The number of nitrogens with zero attached hydrogens (tertiary/aromatic N) is 1. The maximum absolute atomic E-state index is 13.0. The van der Waals surface area contributed by atoms with Gasteiger partial charge in [0.1, 0.15) is 16.0 Å². The quantitative estimate of drug-likeness (QED) is 0.353. The number of phenols is 1. The molecule has 0 bridgehead atoms. The molecule has 34 heavy (non-hydrogen) atoms. The van der Waals surface area contributed by atoms with Crippen molar-refractivity contribution in [2.75, 3.05) is 0 Å². The Balaban J connectivity index is 1.61. The summed E-state index contributed by atoms with van der Waals surface area (Å²) in [6.45, 7) is 1.64. The summed E-state index contributed by atoms with van der Waals surface area (Å²) in [6, 6.07) is 15.7. The summed E-state index contributed by atoms with van der Waals surface area (Å²) >= 11 is 0.975. The predicted octanol–water partition coefficient (Wildman–Crippen LogP) is 3.88. The Morgan fingerprint density at radius 2 is 1.82 bits per heavy atom. The highest BCUT2D eigenvalue weighted by molar-refractivity contribution is 7.91. The number of aromatic hydroxyl groups is 1. The second kappa shape index (κ2) is 9.35. The van der Waals surface area contributed by atoms with Gasteiger partial charge in [0.05, 0.1) is 4.88 Å². The SMILES string of the molecule is CC(c1cn(C)c2ccc(O)cc12)C(NS(=O)(=O)c1ccc(C#Cc2ccccc2)s1)C(=O)O. The molecule has 2 atom stereocenters. The summed E-state index contributed by atoms with van der Waals surface area (Å²) in [5, 5.41) is 20.4. The molecule has 0 aliphatic rings. The van der Waals surface area contributed by atoms with Crippen molar-refractivity contribution < 1.29 is 23.4 Å². The number of aliphatic carboxylic acids is 1. The van der Waals surface area contributed by atoms with E-state index in [9.17, 15) is 23.4 Å². The minimum absolute atomic E-state index is 0.0149. The molecule has 4 aromatic rings. The number of hydrogen-bond donors (Lipinski definition) is 3. The van der Waals surface area contributed by atoms with Crippen molar-refractivity contribution in [2.24, 2.45) is 7.05 Å². The van der Waals surface area contributed by atoms with E-state index in [2.05, 4.69) is 16.6 Å². The van der Waals surface area contributed by atoms with E-state index in [1.54, 1.807) is 44.4 Å². The number of fused-ring (bicyclic) bond motifs is 1. The van der Waals surface area contributed by atoms with Gasteiger partial charge in [0.25, 0.3) is 10.0 Å². The lowest BCUT2D eigenvalue weighted by molar-refractivity contribution is -0.139. The highest BCUT2D eigenvalue weighted by atomic mass is 32.2. The average molecular weight is 495 g/mol. The van der Waals surface area contributed by atoms with Crippen LogP contribution in [0.15, 0.2) is 71.1 Å². The number of phenolic OH excluding ortho intramolecular Hbond substituents is 1. The lowest BCUT2D eigenvalue weighted by Crippen LogP contribution is -2.43. The third kappa shape index (κ3) is 4.84. The molecule has 0 aliphatic heterocycles. The van der Waals surface area contributed by atoms with Gasteiger partial charge >= 0.3 is 5.97 Å². The fourth-order valence-electron chi connectivity index (χ4n) is 3.73. The molecule has 0 amide bonds.